The second-order valence-corrected chi connectivity index (χ2v) is 4.39. The van der Waals surface area contributed by atoms with Crippen molar-refractivity contribution in [3.8, 4) is 0 Å². The third-order valence-corrected chi connectivity index (χ3v) is 3.09. The van der Waals surface area contributed by atoms with E-state index in [0.717, 1.165) is 11.8 Å². The molecule has 1 unspecified atom stereocenters. The highest BCUT2D eigenvalue weighted by molar-refractivity contribution is 4.71. The zero-order chi connectivity index (χ0) is 8.81. The molecule has 71 valence electrons. The first-order valence-electron chi connectivity index (χ1n) is 5.66. The lowest BCUT2D eigenvalue weighted by Gasteiger charge is -2.24. The van der Waals surface area contributed by atoms with Gasteiger partial charge in [-0.3, -0.25) is 0 Å². The van der Waals surface area contributed by atoms with E-state index in [-0.39, 0.29) is 0 Å². The van der Waals surface area contributed by atoms with E-state index in [0.29, 0.717) is 0 Å². The van der Waals surface area contributed by atoms with Crippen molar-refractivity contribution in [1.29, 1.82) is 0 Å². The highest BCUT2D eigenvalue weighted by Gasteiger charge is 2.15. The quantitative estimate of drug-likeness (QED) is 0.588. The Morgan fingerprint density at radius 2 is 1.92 bits per heavy atom. The number of rotatable bonds is 4. The van der Waals surface area contributed by atoms with Gasteiger partial charge in [-0.25, -0.2) is 0 Å². The molecule has 0 heterocycles. The van der Waals surface area contributed by atoms with Crippen molar-refractivity contribution in [3.05, 3.63) is 6.92 Å². The number of hydrogen-bond donors (Lipinski definition) is 0. The van der Waals surface area contributed by atoms with Crippen LogP contribution in [-0.4, -0.2) is 0 Å². The summed E-state index contributed by atoms with van der Waals surface area (Å²) in [5, 5.41) is 0. The molecule has 1 fully saturated rings. The molecule has 1 aliphatic carbocycles. The fraction of sp³-hybridized carbons (Fsp3) is 0.917. The summed E-state index contributed by atoms with van der Waals surface area (Å²) in [4.78, 5) is 0. The van der Waals surface area contributed by atoms with E-state index in [1.807, 2.05) is 0 Å². The molecule has 0 bridgehead atoms. The van der Waals surface area contributed by atoms with Crippen molar-refractivity contribution in [3.63, 3.8) is 0 Å². The van der Waals surface area contributed by atoms with Crippen LogP contribution in [-0.2, 0) is 0 Å². The molecule has 0 aliphatic heterocycles. The van der Waals surface area contributed by atoms with E-state index >= 15 is 0 Å². The molecular weight excluding hydrogens is 144 g/mol. The van der Waals surface area contributed by atoms with Crippen molar-refractivity contribution < 1.29 is 0 Å². The van der Waals surface area contributed by atoms with Crippen LogP contribution in [0.1, 0.15) is 58.3 Å². The van der Waals surface area contributed by atoms with Crippen molar-refractivity contribution >= 4 is 0 Å². The first kappa shape index (κ1) is 10.1. The van der Waals surface area contributed by atoms with Crippen molar-refractivity contribution in [2.24, 2.45) is 11.8 Å². The predicted molar refractivity (Wildman–Crippen MR) is 54.9 cm³/mol. The summed E-state index contributed by atoms with van der Waals surface area (Å²) in [5.41, 5.74) is 0. The van der Waals surface area contributed by atoms with E-state index in [4.69, 9.17) is 0 Å². The average molecular weight is 167 g/mol. The van der Waals surface area contributed by atoms with E-state index in [1.165, 1.54) is 51.4 Å². The molecule has 0 aromatic rings. The maximum Gasteiger partial charge on any atom is -0.0412 e. The van der Waals surface area contributed by atoms with Gasteiger partial charge in [0.25, 0.3) is 0 Å². The Balaban J connectivity index is 2.11. The molecule has 0 amide bonds. The summed E-state index contributed by atoms with van der Waals surface area (Å²) in [6.45, 7) is 6.48. The third-order valence-electron chi connectivity index (χ3n) is 3.09. The zero-order valence-electron chi connectivity index (χ0n) is 8.52. The molecule has 0 aromatic carbocycles. The monoisotopic (exact) mass is 167 g/mol. The van der Waals surface area contributed by atoms with Crippen LogP contribution in [0.25, 0.3) is 0 Å². The molecule has 0 nitrogen and oxygen atoms in total. The van der Waals surface area contributed by atoms with E-state index in [9.17, 15) is 0 Å². The lowest BCUT2D eigenvalue weighted by atomic mass is 9.82. The Kier molecular flexibility index (Phi) is 4.72. The second-order valence-electron chi connectivity index (χ2n) is 4.39. The van der Waals surface area contributed by atoms with Crippen LogP contribution in [0.3, 0.4) is 0 Å². The molecule has 0 N–H and O–H groups in total. The maximum absolute atomic E-state index is 4.22. The Morgan fingerprint density at radius 1 is 1.25 bits per heavy atom. The van der Waals surface area contributed by atoms with Crippen LogP contribution in [0.5, 0.6) is 0 Å². The molecule has 1 atom stereocenters. The predicted octanol–water partition coefficient (Wildman–Crippen LogP) is 4.21. The van der Waals surface area contributed by atoms with Gasteiger partial charge in [0.2, 0.25) is 0 Å². The van der Waals surface area contributed by atoms with Gasteiger partial charge in [-0.15, -0.1) is 0 Å². The van der Waals surface area contributed by atoms with Crippen LogP contribution in [0.15, 0.2) is 0 Å². The number of hydrogen-bond acceptors (Lipinski definition) is 0. The van der Waals surface area contributed by atoms with Gasteiger partial charge < -0.3 is 0 Å². The van der Waals surface area contributed by atoms with Crippen LogP contribution in [0.4, 0.5) is 0 Å². The van der Waals surface area contributed by atoms with E-state index < -0.39 is 0 Å². The van der Waals surface area contributed by atoms with Crippen molar-refractivity contribution in [1.82, 2.24) is 0 Å². The van der Waals surface area contributed by atoms with Crippen molar-refractivity contribution in [2.75, 3.05) is 0 Å². The smallest absolute Gasteiger partial charge is 0.0412 e. The first-order chi connectivity index (χ1) is 5.83. The summed E-state index contributed by atoms with van der Waals surface area (Å²) < 4.78 is 0. The van der Waals surface area contributed by atoms with Crippen LogP contribution < -0.4 is 0 Å². The fourth-order valence-electron chi connectivity index (χ4n) is 2.42. The minimum absolute atomic E-state index is 0.734. The largest absolute Gasteiger partial charge is 0.0654 e. The van der Waals surface area contributed by atoms with Crippen LogP contribution in [0, 0.1) is 18.8 Å². The zero-order valence-corrected chi connectivity index (χ0v) is 8.52. The molecule has 1 saturated carbocycles. The van der Waals surface area contributed by atoms with E-state index in [2.05, 4.69) is 13.8 Å². The lowest BCUT2D eigenvalue weighted by Crippen LogP contribution is -2.10. The molecule has 1 rings (SSSR count). The van der Waals surface area contributed by atoms with Gasteiger partial charge in [-0.2, -0.15) is 0 Å². The van der Waals surface area contributed by atoms with Crippen LogP contribution in [0.2, 0.25) is 0 Å². The molecule has 1 radical (unpaired) electrons. The van der Waals surface area contributed by atoms with Gasteiger partial charge in [-0.1, -0.05) is 58.8 Å². The minimum atomic E-state index is 0.734. The first-order valence-corrected chi connectivity index (χ1v) is 5.66. The normalized spacial score (nSPS) is 22.5. The van der Waals surface area contributed by atoms with Gasteiger partial charge >= 0.3 is 0 Å². The molecule has 0 aromatic heterocycles. The standard InChI is InChI=1S/C12H23/c1-3-7-11(2)10-12-8-5-4-6-9-12/h11-12H,2-10H2,1H3. The Labute approximate surface area is 77.7 Å². The summed E-state index contributed by atoms with van der Waals surface area (Å²) in [6.07, 6.45) is 11.4. The molecule has 0 heteroatoms. The molecule has 12 heavy (non-hydrogen) atoms. The molecule has 0 spiro atoms. The van der Waals surface area contributed by atoms with E-state index in [1.54, 1.807) is 0 Å². The average Bonchev–Trinajstić information content (AvgIpc) is 2.06. The summed E-state index contributed by atoms with van der Waals surface area (Å²) in [7, 11) is 0. The summed E-state index contributed by atoms with van der Waals surface area (Å²) in [6, 6.07) is 0. The third kappa shape index (κ3) is 3.60. The van der Waals surface area contributed by atoms with Gasteiger partial charge in [0, 0.05) is 0 Å². The topological polar surface area (TPSA) is 0 Å². The maximum atomic E-state index is 4.22. The highest BCUT2D eigenvalue weighted by atomic mass is 14.2. The second kappa shape index (κ2) is 5.61. The molecule has 0 saturated heterocycles. The molecule has 1 aliphatic rings. The highest BCUT2D eigenvalue weighted by Crippen LogP contribution is 2.29. The molecular formula is C12H23. The Morgan fingerprint density at radius 3 is 2.50 bits per heavy atom. The van der Waals surface area contributed by atoms with Gasteiger partial charge in [0.1, 0.15) is 0 Å². The summed E-state index contributed by atoms with van der Waals surface area (Å²) >= 11 is 0. The Hall–Kier alpha value is 0. The van der Waals surface area contributed by atoms with Gasteiger partial charge in [-0.05, 0) is 18.3 Å². The van der Waals surface area contributed by atoms with Crippen molar-refractivity contribution in [2.45, 2.75) is 58.3 Å². The fourth-order valence-corrected chi connectivity index (χ4v) is 2.42. The Bertz CT molecular complexity index is 101. The summed E-state index contributed by atoms with van der Waals surface area (Å²) in [5.74, 6) is 1.76. The van der Waals surface area contributed by atoms with Crippen LogP contribution >= 0.6 is 0 Å². The minimum Gasteiger partial charge on any atom is -0.0654 e. The SMILES string of the molecule is [CH2]C(CCC)CC1CCCCC1. The van der Waals surface area contributed by atoms with Gasteiger partial charge in [0.05, 0.1) is 0 Å². The lowest BCUT2D eigenvalue weighted by molar-refractivity contribution is 0.301. The van der Waals surface area contributed by atoms with Gasteiger partial charge in [0.15, 0.2) is 0 Å².